The maximum absolute atomic E-state index is 12.0. The van der Waals surface area contributed by atoms with Gasteiger partial charge in [0.1, 0.15) is 0 Å². The first-order valence-electron chi connectivity index (χ1n) is 6.63. The lowest BCUT2D eigenvalue weighted by Crippen LogP contribution is -2.46. The predicted octanol–water partition coefficient (Wildman–Crippen LogP) is 1.53. The molecule has 0 saturated carbocycles. The summed E-state index contributed by atoms with van der Waals surface area (Å²) in [6.45, 7) is 7.75. The van der Waals surface area contributed by atoms with E-state index >= 15 is 0 Å². The molecule has 4 nitrogen and oxygen atoms in total. The van der Waals surface area contributed by atoms with E-state index < -0.39 is 0 Å². The highest BCUT2D eigenvalue weighted by atomic mass is 35.5. The highest BCUT2D eigenvalue weighted by Crippen LogP contribution is 2.27. The van der Waals surface area contributed by atoms with Gasteiger partial charge in [-0.3, -0.25) is 9.69 Å². The molecule has 2 N–H and O–H groups in total. The van der Waals surface area contributed by atoms with E-state index in [9.17, 15) is 4.79 Å². The van der Waals surface area contributed by atoms with Crippen molar-refractivity contribution in [2.75, 3.05) is 39.3 Å². The Morgan fingerprint density at radius 1 is 1.53 bits per heavy atom. The molecule has 1 aliphatic heterocycles. The maximum atomic E-state index is 12.0. The van der Waals surface area contributed by atoms with Gasteiger partial charge in [-0.25, -0.2) is 0 Å². The van der Waals surface area contributed by atoms with Crippen LogP contribution in [0.4, 0.5) is 0 Å². The summed E-state index contributed by atoms with van der Waals surface area (Å²) in [6.07, 6.45) is 0. The van der Waals surface area contributed by atoms with Gasteiger partial charge in [0.2, 0.25) is 5.91 Å². The van der Waals surface area contributed by atoms with Crippen molar-refractivity contribution in [1.29, 1.82) is 0 Å². The molecule has 0 radical (unpaired) electrons. The standard InChI is InChI=1S/C13H20ClN3OS/c1-10(11-2-3-12(14)19-11)13(18)16-6-9-17-7-4-15-5-8-17/h2-3,10,15H,4-9H2,1H3,(H,16,18)/t10-/m0/s1. The Kier molecular flexibility index (Phi) is 5.63. The molecule has 1 atom stereocenters. The van der Waals surface area contributed by atoms with Gasteiger partial charge in [-0.05, 0) is 19.1 Å². The Balaban J connectivity index is 1.71. The number of nitrogens with zero attached hydrogens (tertiary/aromatic N) is 1. The molecule has 0 unspecified atom stereocenters. The molecule has 2 rings (SSSR count). The molecule has 0 aromatic carbocycles. The number of carbonyl (C=O) groups excluding carboxylic acids is 1. The fourth-order valence-electron chi connectivity index (χ4n) is 2.12. The van der Waals surface area contributed by atoms with Crippen molar-refractivity contribution < 1.29 is 4.79 Å². The van der Waals surface area contributed by atoms with Crippen molar-refractivity contribution in [1.82, 2.24) is 15.5 Å². The van der Waals surface area contributed by atoms with Crippen LogP contribution in [0.15, 0.2) is 12.1 Å². The van der Waals surface area contributed by atoms with E-state index in [1.807, 2.05) is 19.1 Å². The third-order valence-corrected chi connectivity index (χ3v) is 4.76. The Hall–Kier alpha value is -0.620. The molecule has 1 aromatic heterocycles. The topological polar surface area (TPSA) is 44.4 Å². The Morgan fingerprint density at radius 2 is 2.26 bits per heavy atom. The minimum Gasteiger partial charge on any atom is -0.354 e. The van der Waals surface area contributed by atoms with E-state index in [0.717, 1.165) is 41.9 Å². The number of nitrogens with one attached hydrogen (secondary N) is 2. The lowest BCUT2D eigenvalue weighted by Gasteiger charge is -2.27. The quantitative estimate of drug-likeness (QED) is 0.867. The SMILES string of the molecule is C[C@H](C(=O)NCCN1CCNCC1)c1ccc(Cl)s1. The van der Waals surface area contributed by atoms with Crippen LogP contribution in [-0.2, 0) is 4.79 Å². The highest BCUT2D eigenvalue weighted by Gasteiger charge is 2.17. The summed E-state index contributed by atoms with van der Waals surface area (Å²) in [6, 6.07) is 3.76. The van der Waals surface area contributed by atoms with Crippen LogP contribution < -0.4 is 10.6 Å². The van der Waals surface area contributed by atoms with Gasteiger partial charge in [-0.1, -0.05) is 11.6 Å². The highest BCUT2D eigenvalue weighted by molar-refractivity contribution is 7.16. The number of hydrogen-bond acceptors (Lipinski definition) is 4. The summed E-state index contributed by atoms with van der Waals surface area (Å²) in [5.74, 6) is -0.0471. The summed E-state index contributed by atoms with van der Waals surface area (Å²) in [7, 11) is 0. The molecule has 0 bridgehead atoms. The molecule has 1 saturated heterocycles. The fraction of sp³-hybridized carbons (Fsp3) is 0.615. The van der Waals surface area contributed by atoms with Crippen LogP contribution in [0.3, 0.4) is 0 Å². The number of rotatable bonds is 5. The monoisotopic (exact) mass is 301 g/mol. The zero-order valence-electron chi connectivity index (χ0n) is 11.1. The van der Waals surface area contributed by atoms with Crippen molar-refractivity contribution in [3.63, 3.8) is 0 Å². The Labute approximate surface area is 123 Å². The zero-order chi connectivity index (χ0) is 13.7. The molecule has 19 heavy (non-hydrogen) atoms. The van der Waals surface area contributed by atoms with E-state index in [1.165, 1.54) is 11.3 Å². The van der Waals surface area contributed by atoms with Gasteiger partial charge in [0.25, 0.3) is 0 Å². The number of halogens is 1. The molecular formula is C13H20ClN3OS. The minimum absolute atomic E-state index is 0.0775. The van der Waals surface area contributed by atoms with E-state index in [0.29, 0.717) is 6.54 Å². The third-order valence-electron chi connectivity index (χ3n) is 3.35. The van der Waals surface area contributed by atoms with Crippen LogP contribution in [0, 0.1) is 0 Å². The number of hydrogen-bond donors (Lipinski definition) is 2. The van der Waals surface area contributed by atoms with Gasteiger partial charge in [0.05, 0.1) is 10.3 Å². The second kappa shape index (κ2) is 7.24. The van der Waals surface area contributed by atoms with E-state index in [4.69, 9.17) is 11.6 Å². The lowest BCUT2D eigenvalue weighted by atomic mass is 10.1. The zero-order valence-corrected chi connectivity index (χ0v) is 12.7. The van der Waals surface area contributed by atoms with Crippen molar-refractivity contribution in [3.05, 3.63) is 21.3 Å². The Bertz CT molecular complexity index is 418. The first-order valence-corrected chi connectivity index (χ1v) is 7.82. The van der Waals surface area contributed by atoms with Crippen LogP contribution in [-0.4, -0.2) is 50.1 Å². The van der Waals surface area contributed by atoms with Crippen molar-refractivity contribution in [2.24, 2.45) is 0 Å². The Morgan fingerprint density at radius 3 is 2.89 bits per heavy atom. The second-order valence-corrected chi connectivity index (χ2v) is 6.49. The summed E-state index contributed by atoms with van der Waals surface area (Å²) in [4.78, 5) is 15.4. The fourth-order valence-corrected chi connectivity index (χ4v) is 3.23. The number of thiophene rings is 1. The smallest absolute Gasteiger partial charge is 0.228 e. The molecule has 0 aliphatic carbocycles. The molecular weight excluding hydrogens is 282 g/mol. The van der Waals surface area contributed by atoms with E-state index in [1.54, 1.807) is 0 Å². The lowest BCUT2D eigenvalue weighted by molar-refractivity contribution is -0.122. The van der Waals surface area contributed by atoms with Gasteiger partial charge in [0.15, 0.2) is 0 Å². The first-order chi connectivity index (χ1) is 9.16. The van der Waals surface area contributed by atoms with Crippen molar-refractivity contribution in [2.45, 2.75) is 12.8 Å². The molecule has 1 aromatic rings. The molecule has 0 spiro atoms. The van der Waals surface area contributed by atoms with Crippen molar-refractivity contribution >= 4 is 28.8 Å². The average molecular weight is 302 g/mol. The molecule has 6 heteroatoms. The summed E-state index contributed by atoms with van der Waals surface area (Å²) >= 11 is 7.36. The van der Waals surface area contributed by atoms with Gasteiger partial charge < -0.3 is 10.6 Å². The molecule has 1 aliphatic rings. The average Bonchev–Trinajstić information content (AvgIpc) is 2.85. The van der Waals surface area contributed by atoms with Gasteiger partial charge in [0, 0.05) is 44.1 Å². The van der Waals surface area contributed by atoms with E-state index in [-0.39, 0.29) is 11.8 Å². The van der Waals surface area contributed by atoms with Gasteiger partial charge in [-0.2, -0.15) is 0 Å². The number of amides is 1. The summed E-state index contributed by atoms with van der Waals surface area (Å²) < 4.78 is 0.732. The molecule has 1 amide bonds. The first kappa shape index (κ1) is 14.8. The molecule has 1 fully saturated rings. The summed E-state index contributed by atoms with van der Waals surface area (Å²) in [5, 5.41) is 6.32. The van der Waals surface area contributed by atoms with Crippen LogP contribution >= 0.6 is 22.9 Å². The van der Waals surface area contributed by atoms with Gasteiger partial charge in [-0.15, -0.1) is 11.3 Å². The predicted molar refractivity (Wildman–Crippen MR) is 80.1 cm³/mol. The number of piperazine rings is 1. The normalized spacial score (nSPS) is 18.2. The third kappa shape index (κ3) is 4.45. The van der Waals surface area contributed by atoms with Crippen LogP contribution in [0.2, 0.25) is 4.34 Å². The van der Waals surface area contributed by atoms with Crippen LogP contribution in [0.25, 0.3) is 0 Å². The molecule has 2 heterocycles. The van der Waals surface area contributed by atoms with Crippen molar-refractivity contribution in [3.8, 4) is 0 Å². The number of carbonyl (C=O) groups is 1. The maximum Gasteiger partial charge on any atom is 0.228 e. The minimum atomic E-state index is -0.125. The van der Waals surface area contributed by atoms with E-state index in [2.05, 4.69) is 15.5 Å². The second-order valence-electron chi connectivity index (χ2n) is 4.75. The van der Waals surface area contributed by atoms with Crippen LogP contribution in [0.5, 0.6) is 0 Å². The molecule has 106 valence electrons. The van der Waals surface area contributed by atoms with Crippen LogP contribution in [0.1, 0.15) is 17.7 Å². The van der Waals surface area contributed by atoms with Gasteiger partial charge >= 0.3 is 0 Å². The largest absolute Gasteiger partial charge is 0.354 e. The summed E-state index contributed by atoms with van der Waals surface area (Å²) in [5.41, 5.74) is 0.